The number of aliphatic carboxylic acids is 1. The molecule has 0 atom stereocenters. The summed E-state index contributed by atoms with van der Waals surface area (Å²) in [6.07, 6.45) is 0. The molecule has 0 saturated carbocycles. The van der Waals surface area contributed by atoms with E-state index in [1.807, 2.05) is 59.7 Å². The Labute approximate surface area is 227 Å². The number of nitriles is 1. The summed E-state index contributed by atoms with van der Waals surface area (Å²) >= 11 is 2.92. The minimum absolute atomic E-state index is 0.342. The van der Waals surface area contributed by atoms with Crippen molar-refractivity contribution in [2.24, 2.45) is 5.92 Å². The van der Waals surface area contributed by atoms with E-state index in [2.05, 4.69) is 22.2 Å². The lowest BCUT2D eigenvalue weighted by atomic mass is 9.96. The maximum atomic E-state index is 14.7. The molecule has 0 aliphatic carbocycles. The molecule has 0 radical (unpaired) electrons. The third-order valence-corrected chi connectivity index (χ3v) is 8.67. The van der Waals surface area contributed by atoms with Gasteiger partial charge in [0.05, 0.1) is 17.1 Å². The van der Waals surface area contributed by atoms with Crippen LogP contribution >= 0.6 is 23.3 Å². The van der Waals surface area contributed by atoms with Gasteiger partial charge in [0.25, 0.3) is 0 Å². The summed E-state index contributed by atoms with van der Waals surface area (Å²) in [5.74, 6) is -1.49. The zero-order valence-electron chi connectivity index (χ0n) is 20.4. The van der Waals surface area contributed by atoms with Gasteiger partial charge >= 0.3 is 5.97 Å². The number of benzene rings is 3. The lowest BCUT2D eigenvalue weighted by Crippen LogP contribution is -2.50. The number of hydrogen-bond acceptors (Lipinski definition) is 5. The van der Waals surface area contributed by atoms with Crippen molar-refractivity contribution in [2.75, 3.05) is 18.0 Å². The molecule has 5 aromatic rings. The number of rotatable bonds is 6. The fourth-order valence-electron chi connectivity index (χ4n) is 4.93. The minimum Gasteiger partial charge on any atom is -0.481 e. The molecular formula is C30H22FN3O2S2. The van der Waals surface area contributed by atoms with Crippen molar-refractivity contribution in [3.8, 4) is 28.5 Å². The van der Waals surface area contributed by atoms with Crippen molar-refractivity contribution in [3.63, 3.8) is 0 Å². The van der Waals surface area contributed by atoms with Crippen LogP contribution in [0.1, 0.15) is 10.4 Å². The number of nitrogens with zero attached hydrogens (tertiary/aromatic N) is 3. The Morgan fingerprint density at radius 1 is 1.11 bits per heavy atom. The average Bonchev–Trinajstić information content (AvgIpc) is 3.45. The first kappa shape index (κ1) is 24.3. The van der Waals surface area contributed by atoms with E-state index in [1.165, 1.54) is 23.5 Å². The van der Waals surface area contributed by atoms with Gasteiger partial charge < -0.3 is 10.0 Å². The highest BCUT2D eigenvalue weighted by atomic mass is 32.2. The van der Waals surface area contributed by atoms with Crippen molar-refractivity contribution in [3.05, 3.63) is 94.4 Å². The fraction of sp³-hybridized carbons (Fsp3) is 0.133. The van der Waals surface area contributed by atoms with Crippen LogP contribution in [-0.4, -0.2) is 28.1 Å². The van der Waals surface area contributed by atoms with Gasteiger partial charge in [0.15, 0.2) is 0 Å². The lowest BCUT2D eigenvalue weighted by Gasteiger charge is -2.38. The van der Waals surface area contributed by atoms with Gasteiger partial charge in [-0.1, -0.05) is 24.3 Å². The maximum absolute atomic E-state index is 14.7. The SMILES string of the molecule is Cc1cccc(Sn2c(-c3cccc(N4CC(C(=O)O)C4)c3)c(-c3ccsc3C#N)c3cc(F)ccc32)c1. The maximum Gasteiger partial charge on any atom is 0.310 e. The number of hydrogen-bond donors (Lipinski definition) is 1. The second-order valence-electron chi connectivity index (χ2n) is 9.35. The third kappa shape index (κ3) is 4.24. The minimum atomic E-state index is -0.780. The van der Waals surface area contributed by atoms with Crippen LogP contribution in [0.25, 0.3) is 33.3 Å². The molecular weight excluding hydrogens is 517 g/mol. The predicted octanol–water partition coefficient (Wildman–Crippen LogP) is 7.43. The molecule has 0 spiro atoms. The van der Waals surface area contributed by atoms with Gasteiger partial charge in [-0.05, 0) is 78.3 Å². The van der Waals surface area contributed by atoms with Gasteiger partial charge in [0, 0.05) is 45.7 Å². The van der Waals surface area contributed by atoms with Crippen LogP contribution in [0.5, 0.6) is 0 Å². The van der Waals surface area contributed by atoms with Crippen LogP contribution in [0.2, 0.25) is 0 Å². The fourth-order valence-corrected chi connectivity index (χ4v) is 6.75. The number of halogens is 1. The molecule has 2 aromatic heterocycles. The van der Waals surface area contributed by atoms with Gasteiger partial charge in [-0.25, -0.2) is 4.39 Å². The normalized spacial score (nSPS) is 13.4. The molecule has 1 aliphatic heterocycles. The first-order chi connectivity index (χ1) is 18.4. The number of aromatic nitrogens is 1. The first-order valence-corrected chi connectivity index (χ1v) is 13.7. The summed E-state index contributed by atoms with van der Waals surface area (Å²) < 4.78 is 16.8. The van der Waals surface area contributed by atoms with Crippen molar-refractivity contribution in [2.45, 2.75) is 11.8 Å². The van der Waals surface area contributed by atoms with Crippen LogP contribution in [0.15, 0.2) is 83.1 Å². The molecule has 5 nitrogen and oxygen atoms in total. The molecule has 0 unspecified atom stereocenters. The Kier molecular flexibility index (Phi) is 6.18. The van der Waals surface area contributed by atoms with Crippen LogP contribution < -0.4 is 4.90 Å². The highest BCUT2D eigenvalue weighted by Crippen LogP contribution is 2.47. The number of anilines is 1. The number of thiophene rings is 1. The number of fused-ring (bicyclic) bond motifs is 1. The van der Waals surface area contributed by atoms with Crippen molar-refractivity contribution >= 4 is 45.8 Å². The molecule has 3 heterocycles. The average molecular weight is 540 g/mol. The molecule has 188 valence electrons. The summed E-state index contributed by atoms with van der Waals surface area (Å²) in [5.41, 5.74) is 6.26. The second kappa shape index (κ2) is 9.67. The van der Waals surface area contributed by atoms with Gasteiger partial charge in [0.2, 0.25) is 0 Å². The number of carboxylic acids is 1. The largest absolute Gasteiger partial charge is 0.481 e. The summed E-state index contributed by atoms with van der Waals surface area (Å²) in [6.45, 7) is 2.97. The number of carbonyl (C=O) groups is 1. The first-order valence-electron chi connectivity index (χ1n) is 12.1. The van der Waals surface area contributed by atoms with Gasteiger partial charge in [0.1, 0.15) is 16.8 Å². The van der Waals surface area contributed by atoms with E-state index in [9.17, 15) is 19.6 Å². The molecule has 8 heteroatoms. The summed E-state index contributed by atoms with van der Waals surface area (Å²) in [6, 6.07) is 25.2. The zero-order chi connectivity index (χ0) is 26.4. The van der Waals surface area contributed by atoms with E-state index in [-0.39, 0.29) is 11.7 Å². The highest BCUT2D eigenvalue weighted by Gasteiger charge is 2.33. The Hall–Kier alpha value is -4.06. The third-order valence-electron chi connectivity index (χ3n) is 6.82. The zero-order valence-corrected chi connectivity index (χ0v) is 22.0. The van der Waals surface area contributed by atoms with Crippen molar-refractivity contribution in [1.82, 2.24) is 3.97 Å². The Morgan fingerprint density at radius 2 is 1.92 bits per heavy atom. The highest BCUT2D eigenvalue weighted by molar-refractivity contribution is 7.98. The molecule has 1 aliphatic rings. The van der Waals surface area contributed by atoms with Crippen molar-refractivity contribution in [1.29, 1.82) is 5.26 Å². The standard InChI is InChI=1S/C30H22FN3O2S2/c1-18-4-2-7-23(12-18)38-34-26-9-8-21(31)14-25(26)28(24-10-11-37-27(24)15-32)29(34)19-5-3-6-22(13-19)33-16-20(17-33)30(35)36/h2-14,20H,16-17H2,1H3,(H,35,36). The second-order valence-corrected chi connectivity index (χ2v) is 11.3. The van der Waals surface area contributed by atoms with E-state index in [1.54, 1.807) is 18.0 Å². The smallest absolute Gasteiger partial charge is 0.310 e. The van der Waals surface area contributed by atoms with Crippen LogP contribution in [-0.2, 0) is 4.79 Å². The van der Waals surface area contributed by atoms with Crippen LogP contribution in [0.3, 0.4) is 0 Å². The lowest BCUT2D eigenvalue weighted by molar-refractivity contribution is -0.142. The van der Waals surface area contributed by atoms with E-state index in [0.717, 1.165) is 49.4 Å². The van der Waals surface area contributed by atoms with Gasteiger partial charge in [-0.2, -0.15) is 5.26 Å². The summed E-state index contributed by atoms with van der Waals surface area (Å²) in [7, 11) is 0. The monoisotopic (exact) mass is 539 g/mol. The Balaban J connectivity index is 1.60. The number of aryl methyl sites for hydroxylation is 1. The van der Waals surface area contributed by atoms with Crippen molar-refractivity contribution < 1.29 is 14.3 Å². The molecule has 0 bridgehead atoms. The van der Waals surface area contributed by atoms with E-state index >= 15 is 0 Å². The number of carboxylic acid groups (broad SMARTS) is 1. The van der Waals surface area contributed by atoms with E-state index in [4.69, 9.17) is 0 Å². The summed E-state index contributed by atoms with van der Waals surface area (Å²) in [5, 5.41) is 21.8. The molecule has 0 amide bonds. The van der Waals surface area contributed by atoms with Crippen LogP contribution in [0.4, 0.5) is 10.1 Å². The molecule has 38 heavy (non-hydrogen) atoms. The summed E-state index contributed by atoms with van der Waals surface area (Å²) in [4.78, 5) is 15.0. The van der Waals surface area contributed by atoms with E-state index < -0.39 is 5.97 Å². The molecule has 1 N–H and O–H groups in total. The predicted molar refractivity (Wildman–Crippen MR) is 151 cm³/mol. The molecule has 3 aromatic carbocycles. The molecule has 1 saturated heterocycles. The van der Waals surface area contributed by atoms with E-state index in [0.29, 0.717) is 18.0 Å². The molecule has 6 rings (SSSR count). The topological polar surface area (TPSA) is 69.3 Å². The quantitative estimate of drug-likeness (QED) is 0.243. The van der Waals surface area contributed by atoms with Crippen LogP contribution in [0, 0.1) is 30.0 Å². The van der Waals surface area contributed by atoms with Gasteiger partial charge in [-0.3, -0.25) is 8.77 Å². The Morgan fingerprint density at radius 3 is 2.68 bits per heavy atom. The molecule has 1 fully saturated rings. The Bertz CT molecular complexity index is 1740. The van der Waals surface area contributed by atoms with Gasteiger partial charge in [-0.15, -0.1) is 11.3 Å².